The summed E-state index contributed by atoms with van der Waals surface area (Å²) in [6, 6.07) is 13.7. The maximum atomic E-state index is 14.4. The molecule has 2 aromatic heterocycles. The van der Waals surface area contributed by atoms with Gasteiger partial charge in [-0.25, -0.2) is 14.4 Å². The van der Waals surface area contributed by atoms with E-state index in [1.165, 1.54) is 12.1 Å². The first-order valence-electron chi connectivity index (χ1n) is 10.2. The van der Waals surface area contributed by atoms with E-state index in [1.807, 2.05) is 44.1 Å². The normalized spacial score (nSPS) is 11.3. The Morgan fingerprint density at radius 2 is 1.88 bits per heavy atom. The highest BCUT2D eigenvalue weighted by molar-refractivity contribution is 6.33. The first-order valence-corrected chi connectivity index (χ1v) is 10.6. The Hall–Kier alpha value is -3.91. The Morgan fingerprint density at radius 1 is 1.06 bits per heavy atom. The predicted octanol–water partition coefficient (Wildman–Crippen LogP) is 5.53. The van der Waals surface area contributed by atoms with Crippen LogP contribution < -0.4 is 10.2 Å². The number of aromatic amines is 2. The van der Waals surface area contributed by atoms with Gasteiger partial charge in [0.05, 0.1) is 32.7 Å². The summed E-state index contributed by atoms with van der Waals surface area (Å²) in [7, 11) is 3.92. The van der Waals surface area contributed by atoms with E-state index >= 15 is 0 Å². The predicted molar refractivity (Wildman–Crippen MR) is 130 cm³/mol. The van der Waals surface area contributed by atoms with Gasteiger partial charge in [-0.2, -0.15) is 0 Å². The van der Waals surface area contributed by atoms with Crippen LogP contribution in [0, 0.1) is 12.7 Å². The fourth-order valence-electron chi connectivity index (χ4n) is 3.78. The lowest BCUT2D eigenvalue weighted by Gasteiger charge is -2.11. The van der Waals surface area contributed by atoms with Crippen LogP contribution in [0.15, 0.2) is 48.5 Å². The van der Waals surface area contributed by atoms with Gasteiger partial charge in [-0.05, 0) is 55.0 Å². The standard InChI is InChI=1S/C24H20ClFN6O/c1-12-9-13(10-19-21(12)30-22(27-19)20-15(25)5-4-6-16(20)26)23(33)31-24-28-17-8-7-14(32(2)3)11-18(17)29-24/h4-11H,1-3H3,(H,27,30)(H2,28,29,31,33). The molecule has 0 atom stereocenters. The van der Waals surface area contributed by atoms with Crippen molar-refractivity contribution in [3.8, 4) is 11.4 Å². The molecule has 0 aliphatic heterocycles. The highest BCUT2D eigenvalue weighted by Gasteiger charge is 2.17. The molecule has 0 fully saturated rings. The van der Waals surface area contributed by atoms with Gasteiger partial charge in [0.15, 0.2) is 0 Å². The number of carbonyl (C=O) groups is 1. The van der Waals surface area contributed by atoms with Crippen LogP contribution in [0.2, 0.25) is 5.02 Å². The molecule has 1 amide bonds. The number of anilines is 2. The number of imidazole rings is 2. The van der Waals surface area contributed by atoms with Crippen molar-refractivity contribution in [1.82, 2.24) is 19.9 Å². The van der Waals surface area contributed by atoms with Crippen molar-refractivity contribution in [3.63, 3.8) is 0 Å². The minimum Gasteiger partial charge on any atom is -0.378 e. The van der Waals surface area contributed by atoms with Gasteiger partial charge in [-0.15, -0.1) is 0 Å². The molecule has 33 heavy (non-hydrogen) atoms. The van der Waals surface area contributed by atoms with Crippen molar-refractivity contribution in [1.29, 1.82) is 0 Å². The number of aromatic nitrogens is 4. The molecule has 0 aliphatic carbocycles. The quantitative estimate of drug-likeness (QED) is 0.328. The van der Waals surface area contributed by atoms with Gasteiger partial charge < -0.3 is 14.9 Å². The van der Waals surface area contributed by atoms with Crippen molar-refractivity contribution >= 4 is 51.2 Å². The van der Waals surface area contributed by atoms with Crippen LogP contribution in [0.5, 0.6) is 0 Å². The molecule has 166 valence electrons. The molecular weight excluding hydrogens is 443 g/mol. The summed E-state index contributed by atoms with van der Waals surface area (Å²) in [6.07, 6.45) is 0. The number of fused-ring (bicyclic) bond motifs is 2. The van der Waals surface area contributed by atoms with Crippen LogP contribution in [-0.4, -0.2) is 39.9 Å². The fourth-order valence-corrected chi connectivity index (χ4v) is 4.03. The first kappa shape index (κ1) is 21.0. The maximum Gasteiger partial charge on any atom is 0.258 e. The number of nitrogens with zero attached hydrogens (tertiary/aromatic N) is 3. The van der Waals surface area contributed by atoms with Crippen molar-refractivity contribution in [2.45, 2.75) is 6.92 Å². The molecule has 3 N–H and O–H groups in total. The van der Waals surface area contributed by atoms with Gasteiger partial charge in [0.1, 0.15) is 11.6 Å². The summed E-state index contributed by atoms with van der Waals surface area (Å²) in [6.45, 7) is 1.84. The molecular formula is C24H20ClFN6O. The molecule has 5 aromatic rings. The Labute approximate surface area is 193 Å². The summed E-state index contributed by atoms with van der Waals surface area (Å²) in [5.74, 6) is -0.138. The average molecular weight is 463 g/mol. The third-order valence-electron chi connectivity index (χ3n) is 5.45. The Balaban J connectivity index is 1.47. The SMILES string of the molecule is Cc1cc(C(=O)Nc2nc3ccc(N(C)C)cc3[nH]2)cc2[nH]c(-c3c(F)cccc3Cl)nc12. The zero-order valence-corrected chi connectivity index (χ0v) is 18.9. The topological polar surface area (TPSA) is 89.7 Å². The number of H-pyrrole nitrogens is 2. The molecule has 0 unspecified atom stereocenters. The molecule has 0 saturated carbocycles. The lowest BCUT2D eigenvalue weighted by molar-refractivity contribution is 0.102. The van der Waals surface area contributed by atoms with Gasteiger partial charge in [0.2, 0.25) is 5.95 Å². The van der Waals surface area contributed by atoms with E-state index in [1.54, 1.807) is 18.2 Å². The number of aryl methyl sites for hydroxylation is 1. The van der Waals surface area contributed by atoms with Gasteiger partial charge in [0.25, 0.3) is 5.91 Å². The largest absolute Gasteiger partial charge is 0.378 e. The third kappa shape index (κ3) is 3.78. The summed E-state index contributed by atoms with van der Waals surface area (Å²) < 4.78 is 14.4. The number of nitrogens with one attached hydrogen (secondary N) is 3. The van der Waals surface area contributed by atoms with Gasteiger partial charge >= 0.3 is 0 Å². The molecule has 0 spiro atoms. The summed E-state index contributed by atoms with van der Waals surface area (Å²) in [4.78, 5) is 30.1. The number of hydrogen-bond acceptors (Lipinski definition) is 4. The zero-order valence-electron chi connectivity index (χ0n) is 18.1. The summed E-state index contributed by atoms with van der Waals surface area (Å²) in [5, 5.41) is 3.07. The number of halogens is 2. The number of carbonyl (C=O) groups excluding carboxylic acids is 1. The van der Waals surface area contributed by atoms with Gasteiger partial charge in [-0.3, -0.25) is 10.1 Å². The summed E-state index contributed by atoms with van der Waals surface area (Å²) >= 11 is 6.19. The molecule has 5 rings (SSSR count). The van der Waals surface area contributed by atoms with Crippen LogP contribution in [-0.2, 0) is 0 Å². The van der Waals surface area contributed by atoms with E-state index in [0.29, 0.717) is 28.4 Å². The molecule has 9 heteroatoms. The van der Waals surface area contributed by atoms with Crippen molar-refractivity contribution in [2.24, 2.45) is 0 Å². The highest BCUT2D eigenvalue weighted by atomic mass is 35.5. The van der Waals surface area contributed by atoms with Gasteiger partial charge in [0, 0.05) is 25.3 Å². The lowest BCUT2D eigenvalue weighted by Crippen LogP contribution is -2.13. The Morgan fingerprint density at radius 3 is 2.64 bits per heavy atom. The molecule has 0 bridgehead atoms. The number of rotatable bonds is 4. The van der Waals surface area contributed by atoms with E-state index in [-0.39, 0.29) is 16.5 Å². The Bertz CT molecular complexity index is 1520. The zero-order chi connectivity index (χ0) is 23.3. The molecule has 0 aliphatic rings. The molecule has 0 radical (unpaired) electrons. The minimum atomic E-state index is -0.473. The second-order valence-corrected chi connectivity index (χ2v) is 8.41. The van der Waals surface area contributed by atoms with Crippen LogP contribution in [0.3, 0.4) is 0 Å². The monoisotopic (exact) mass is 462 g/mol. The summed E-state index contributed by atoms with van der Waals surface area (Å²) in [5.41, 5.74) is 5.23. The fraction of sp³-hybridized carbons (Fsp3) is 0.125. The smallest absolute Gasteiger partial charge is 0.258 e. The molecule has 0 saturated heterocycles. The van der Waals surface area contributed by atoms with Crippen molar-refractivity contribution in [3.05, 3.63) is 70.5 Å². The molecule has 7 nitrogen and oxygen atoms in total. The third-order valence-corrected chi connectivity index (χ3v) is 5.77. The first-order chi connectivity index (χ1) is 15.8. The second kappa shape index (κ2) is 7.90. The maximum absolute atomic E-state index is 14.4. The molecule has 3 aromatic carbocycles. The van der Waals surface area contributed by atoms with Crippen LogP contribution in [0.1, 0.15) is 15.9 Å². The van der Waals surface area contributed by atoms with Crippen molar-refractivity contribution in [2.75, 3.05) is 24.3 Å². The van der Waals surface area contributed by atoms with Crippen molar-refractivity contribution < 1.29 is 9.18 Å². The van der Waals surface area contributed by atoms with E-state index in [2.05, 4.69) is 25.3 Å². The Kier molecular flexibility index (Phi) is 5.02. The van der Waals surface area contributed by atoms with E-state index < -0.39 is 5.82 Å². The second-order valence-electron chi connectivity index (χ2n) is 8.01. The van der Waals surface area contributed by atoms with Crippen LogP contribution >= 0.6 is 11.6 Å². The lowest BCUT2D eigenvalue weighted by atomic mass is 10.1. The molecule has 2 heterocycles. The van der Waals surface area contributed by atoms with E-state index in [9.17, 15) is 9.18 Å². The van der Waals surface area contributed by atoms with E-state index in [0.717, 1.165) is 22.3 Å². The number of benzene rings is 3. The van der Waals surface area contributed by atoms with Crippen LogP contribution in [0.25, 0.3) is 33.5 Å². The van der Waals surface area contributed by atoms with Gasteiger partial charge in [-0.1, -0.05) is 17.7 Å². The number of amides is 1. The minimum absolute atomic E-state index is 0.195. The average Bonchev–Trinajstić information content (AvgIpc) is 3.36. The van der Waals surface area contributed by atoms with E-state index in [4.69, 9.17) is 11.6 Å². The number of hydrogen-bond donors (Lipinski definition) is 3. The van der Waals surface area contributed by atoms with Crippen LogP contribution in [0.4, 0.5) is 16.0 Å². The highest BCUT2D eigenvalue weighted by Crippen LogP contribution is 2.31.